The Kier molecular flexibility index (Phi) is 5.49. The minimum absolute atomic E-state index is 0.484. The van der Waals surface area contributed by atoms with Crippen LogP contribution in [0.25, 0.3) is 0 Å². The summed E-state index contributed by atoms with van der Waals surface area (Å²) in [7, 11) is 0. The Bertz CT molecular complexity index is 330. The maximum absolute atomic E-state index is 11.0. The molecule has 0 aliphatic carbocycles. The van der Waals surface area contributed by atoms with Crippen molar-refractivity contribution < 1.29 is 9.90 Å². The molecule has 1 aromatic heterocycles. The molecule has 90 valence electrons. The lowest BCUT2D eigenvalue weighted by molar-refractivity contribution is 0.0700. The lowest BCUT2D eigenvalue weighted by Gasteiger charge is -2.20. The van der Waals surface area contributed by atoms with Crippen LogP contribution in [-0.2, 0) is 6.54 Å². The van der Waals surface area contributed by atoms with E-state index in [9.17, 15) is 4.79 Å². The van der Waals surface area contributed by atoms with Crippen LogP contribution in [0.4, 0.5) is 0 Å². The summed E-state index contributed by atoms with van der Waals surface area (Å²) < 4.78 is 0. The molecule has 0 radical (unpaired) electrons. The molecule has 3 nitrogen and oxygen atoms in total. The zero-order chi connectivity index (χ0) is 12.0. The van der Waals surface area contributed by atoms with Gasteiger partial charge in [-0.3, -0.25) is 4.90 Å². The highest BCUT2D eigenvalue weighted by molar-refractivity contribution is 7.12. The number of hydrogen-bond acceptors (Lipinski definition) is 3. The quantitative estimate of drug-likeness (QED) is 0.797. The van der Waals surface area contributed by atoms with Crippen LogP contribution in [0.2, 0.25) is 0 Å². The predicted molar refractivity (Wildman–Crippen MR) is 67.1 cm³/mol. The Balaban J connectivity index is 2.68. The molecule has 1 rings (SSSR count). The number of thiophene rings is 1. The van der Waals surface area contributed by atoms with Gasteiger partial charge in [-0.1, -0.05) is 13.8 Å². The van der Waals surface area contributed by atoms with E-state index in [0.717, 1.165) is 38.0 Å². The summed E-state index contributed by atoms with van der Waals surface area (Å²) in [5.74, 6) is -0.807. The van der Waals surface area contributed by atoms with Gasteiger partial charge in [0.15, 0.2) is 0 Å². The van der Waals surface area contributed by atoms with Crippen molar-refractivity contribution in [3.63, 3.8) is 0 Å². The van der Waals surface area contributed by atoms with E-state index in [0.29, 0.717) is 4.88 Å². The molecule has 0 atom stereocenters. The molecule has 1 aromatic rings. The summed E-state index contributed by atoms with van der Waals surface area (Å²) in [6, 6.07) is 1.92. The third-order valence-electron chi connectivity index (χ3n) is 2.41. The largest absolute Gasteiger partial charge is 0.477 e. The van der Waals surface area contributed by atoms with Crippen molar-refractivity contribution in [2.75, 3.05) is 13.1 Å². The Hall–Kier alpha value is -0.870. The number of carboxylic acid groups (broad SMARTS) is 1. The molecule has 1 N–H and O–H groups in total. The molecule has 0 aromatic carbocycles. The lowest BCUT2D eigenvalue weighted by atomic mass is 10.2. The molecule has 4 heteroatoms. The normalized spacial score (nSPS) is 10.9. The Morgan fingerprint density at radius 1 is 1.38 bits per heavy atom. The number of rotatable bonds is 7. The van der Waals surface area contributed by atoms with Crippen LogP contribution in [0.15, 0.2) is 11.4 Å². The Morgan fingerprint density at radius 3 is 2.50 bits per heavy atom. The topological polar surface area (TPSA) is 40.5 Å². The zero-order valence-corrected chi connectivity index (χ0v) is 10.7. The molecule has 0 unspecified atom stereocenters. The molecular formula is C12H19NO2S. The molecular weight excluding hydrogens is 222 g/mol. The van der Waals surface area contributed by atoms with Crippen molar-refractivity contribution in [2.24, 2.45) is 0 Å². The van der Waals surface area contributed by atoms with E-state index < -0.39 is 5.97 Å². The van der Waals surface area contributed by atoms with Gasteiger partial charge in [0.2, 0.25) is 0 Å². The van der Waals surface area contributed by atoms with Crippen LogP contribution in [0.5, 0.6) is 0 Å². The minimum atomic E-state index is -0.807. The first-order valence-corrected chi connectivity index (χ1v) is 6.59. The average molecular weight is 241 g/mol. The van der Waals surface area contributed by atoms with Crippen molar-refractivity contribution in [1.82, 2.24) is 4.90 Å². The number of carboxylic acids is 1. The molecule has 0 spiro atoms. The van der Waals surface area contributed by atoms with Crippen LogP contribution in [0.1, 0.15) is 41.9 Å². The highest BCUT2D eigenvalue weighted by Gasteiger charge is 2.13. The highest BCUT2D eigenvalue weighted by Crippen LogP contribution is 2.18. The van der Waals surface area contributed by atoms with Gasteiger partial charge in [-0.15, -0.1) is 11.3 Å². The molecule has 0 saturated carbocycles. The zero-order valence-electron chi connectivity index (χ0n) is 9.90. The smallest absolute Gasteiger partial charge is 0.346 e. The average Bonchev–Trinajstić information content (AvgIpc) is 2.66. The Labute approximate surface area is 101 Å². The highest BCUT2D eigenvalue weighted by atomic mass is 32.1. The number of aromatic carboxylic acids is 1. The van der Waals surface area contributed by atoms with Crippen molar-refractivity contribution in [2.45, 2.75) is 33.2 Å². The van der Waals surface area contributed by atoms with Gasteiger partial charge in [0.05, 0.1) is 0 Å². The lowest BCUT2D eigenvalue weighted by Crippen LogP contribution is -2.25. The van der Waals surface area contributed by atoms with E-state index in [1.807, 2.05) is 11.4 Å². The second-order valence-electron chi connectivity index (χ2n) is 3.86. The number of carbonyl (C=O) groups is 1. The monoisotopic (exact) mass is 241 g/mol. The van der Waals surface area contributed by atoms with E-state index in [2.05, 4.69) is 18.7 Å². The van der Waals surface area contributed by atoms with Crippen molar-refractivity contribution >= 4 is 17.3 Å². The molecule has 1 heterocycles. The summed E-state index contributed by atoms with van der Waals surface area (Å²) in [4.78, 5) is 13.8. The van der Waals surface area contributed by atoms with Gasteiger partial charge in [0.1, 0.15) is 4.88 Å². The van der Waals surface area contributed by atoms with Gasteiger partial charge in [-0.05, 0) is 42.9 Å². The van der Waals surface area contributed by atoms with Gasteiger partial charge in [0.25, 0.3) is 0 Å². The summed E-state index contributed by atoms with van der Waals surface area (Å²) >= 11 is 1.31. The molecule has 16 heavy (non-hydrogen) atoms. The molecule has 0 aliphatic rings. The first-order chi connectivity index (χ1) is 7.69. The maximum Gasteiger partial charge on any atom is 0.346 e. The van der Waals surface area contributed by atoms with E-state index in [1.165, 1.54) is 11.3 Å². The fourth-order valence-corrected chi connectivity index (χ4v) is 2.54. The molecule has 0 bridgehead atoms. The number of hydrogen-bond donors (Lipinski definition) is 1. The van der Waals surface area contributed by atoms with E-state index in [4.69, 9.17) is 5.11 Å². The Morgan fingerprint density at radius 2 is 2.00 bits per heavy atom. The van der Waals surface area contributed by atoms with Crippen molar-refractivity contribution in [1.29, 1.82) is 0 Å². The summed E-state index contributed by atoms with van der Waals surface area (Å²) in [5.41, 5.74) is 0.944. The van der Waals surface area contributed by atoms with E-state index in [1.54, 1.807) is 0 Å². The second kappa shape index (κ2) is 6.66. The van der Waals surface area contributed by atoms with Gasteiger partial charge < -0.3 is 5.11 Å². The van der Waals surface area contributed by atoms with E-state index in [-0.39, 0.29) is 0 Å². The standard InChI is InChI=1S/C12H19NO2S/c1-3-6-13(7-4-2)9-10-5-8-16-11(10)12(14)15/h5,8H,3-4,6-7,9H2,1-2H3,(H,14,15). The molecule has 0 amide bonds. The molecule has 0 saturated heterocycles. The van der Waals surface area contributed by atoms with Crippen LogP contribution in [0.3, 0.4) is 0 Å². The maximum atomic E-state index is 11.0. The van der Waals surface area contributed by atoms with Gasteiger partial charge >= 0.3 is 5.97 Å². The predicted octanol–water partition coefficient (Wildman–Crippen LogP) is 3.07. The van der Waals surface area contributed by atoms with Gasteiger partial charge in [-0.2, -0.15) is 0 Å². The second-order valence-corrected chi connectivity index (χ2v) is 4.77. The summed E-state index contributed by atoms with van der Waals surface area (Å²) in [6.07, 6.45) is 2.21. The minimum Gasteiger partial charge on any atom is -0.477 e. The summed E-state index contributed by atoms with van der Waals surface area (Å²) in [5, 5.41) is 10.9. The van der Waals surface area contributed by atoms with Crippen molar-refractivity contribution in [3.8, 4) is 0 Å². The fraction of sp³-hybridized carbons (Fsp3) is 0.583. The van der Waals surface area contributed by atoms with Crippen LogP contribution in [-0.4, -0.2) is 29.1 Å². The first-order valence-electron chi connectivity index (χ1n) is 5.71. The molecule has 0 aliphatic heterocycles. The summed E-state index contributed by atoms with van der Waals surface area (Å²) in [6.45, 7) is 7.11. The SMILES string of the molecule is CCCN(CCC)Cc1ccsc1C(=O)O. The number of nitrogens with zero attached hydrogens (tertiary/aromatic N) is 1. The third-order valence-corrected chi connectivity index (χ3v) is 3.36. The van der Waals surface area contributed by atoms with Gasteiger partial charge in [0, 0.05) is 6.54 Å². The first kappa shape index (κ1) is 13.2. The fourth-order valence-electron chi connectivity index (χ4n) is 1.79. The van der Waals surface area contributed by atoms with Crippen molar-refractivity contribution in [3.05, 3.63) is 21.9 Å². The van der Waals surface area contributed by atoms with Gasteiger partial charge in [-0.25, -0.2) is 4.79 Å². The van der Waals surface area contributed by atoms with Crippen LogP contribution in [0, 0.1) is 0 Å². The molecule has 0 fully saturated rings. The van der Waals surface area contributed by atoms with Crippen LogP contribution < -0.4 is 0 Å². The van der Waals surface area contributed by atoms with Crippen LogP contribution >= 0.6 is 11.3 Å². The van der Waals surface area contributed by atoms with E-state index >= 15 is 0 Å². The third kappa shape index (κ3) is 3.61.